The molecule has 0 bridgehead atoms. The highest BCUT2D eigenvalue weighted by Gasteiger charge is 2.15. The Bertz CT molecular complexity index is 607. The lowest BCUT2D eigenvalue weighted by atomic mass is 10.1. The van der Waals surface area contributed by atoms with Crippen molar-refractivity contribution < 1.29 is 14.6 Å². The van der Waals surface area contributed by atoms with Gasteiger partial charge in [0.15, 0.2) is 0 Å². The first-order chi connectivity index (χ1) is 10.1. The van der Waals surface area contributed by atoms with E-state index in [1.807, 2.05) is 42.3 Å². The van der Waals surface area contributed by atoms with Crippen LogP contribution < -0.4 is 4.74 Å². The lowest BCUT2D eigenvalue weighted by molar-refractivity contribution is -0.142. The molecule has 0 heterocycles. The first-order valence-corrected chi connectivity index (χ1v) is 7.13. The Morgan fingerprint density at radius 1 is 1.24 bits per heavy atom. The van der Waals surface area contributed by atoms with Crippen LogP contribution in [0.25, 0.3) is 10.8 Å². The zero-order valence-corrected chi connectivity index (χ0v) is 12.5. The molecule has 4 heteroatoms. The second-order valence-corrected chi connectivity index (χ2v) is 5.17. The number of ether oxygens (including phenoxy) is 1. The number of carboxylic acids is 1. The summed E-state index contributed by atoms with van der Waals surface area (Å²) in [6, 6.07) is 13.6. The molecule has 0 spiro atoms. The summed E-state index contributed by atoms with van der Waals surface area (Å²) < 4.78 is 5.84. The lowest BCUT2D eigenvalue weighted by Crippen LogP contribution is -2.36. The molecule has 1 N–H and O–H groups in total. The van der Waals surface area contributed by atoms with Crippen LogP contribution in [0.5, 0.6) is 5.75 Å². The summed E-state index contributed by atoms with van der Waals surface area (Å²) in [6.07, 6.45) is 0.789. The minimum Gasteiger partial charge on any atom is -0.493 e. The van der Waals surface area contributed by atoms with Crippen LogP contribution in [-0.2, 0) is 4.79 Å². The Balaban J connectivity index is 1.87. The molecule has 2 aromatic rings. The maximum atomic E-state index is 10.9. The van der Waals surface area contributed by atoms with E-state index in [4.69, 9.17) is 9.84 Å². The topological polar surface area (TPSA) is 49.8 Å². The predicted octanol–water partition coefficient (Wildman–Crippen LogP) is 3.01. The molecule has 0 fully saturated rings. The smallest absolute Gasteiger partial charge is 0.320 e. The van der Waals surface area contributed by atoms with Gasteiger partial charge in [-0.15, -0.1) is 0 Å². The molecule has 1 unspecified atom stereocenters. The van der Waals surface area contributed by atoms with Gasteiger partial charge in [0.25, 0.3) is 0 Å². The zero-order chi connectivity index (χ0) is 15.2. The van der Waals surface area contributed by atoms with Crippen molar-refractivity contribution in [2.24, 2.45) is 0 Å². The van der Waals surface area contributed by atoms with E-state index >= 15 is 0 Å². The number of carboxylic acid groups (broad SMARTS) is 1. The van der Waals surface area contributed by atoms with Gasteiger partial charge in [0.2, 0.25) is 0 Å². The summed E-state index contributed by atoms with van der Waals surface area (Å²) in [6.45, 7) is 2.96. The van der Waals surface area contributed by atoms with E-state index < -0.39 is 12.0 Å². The number of benzene rings is 2. The molecule has 0 saturated heterocycles. The molecule has 1 atom stereocenters. The Morgan fingerprint density at radius 2 is 1.95 bits per heavy atom. The molecular formula is C17H21NO3. The number of fused-ring (bicyclic) bond motifs is 1. The van der Waals surface area contributed by atoms with Crippen molar-refractivity contribution in [2.75, 3.05) is 20.2 Å². The molecule has 0 aromatic heterocycles. The van der Waals surface area contributed by atoms with E-state index in [2.05, 4.69) is 12.1 Å². The van der Waals surface area contributed by atoms with Gasteiger partial charge < -0.3 is 9.84 Å². The number of carbonyl (C=O) groups is 1. The highest BCUT2D eigenvalue weighted by molar-refractivity contribution is 5.88. The van der Waals surface area contributed by atoms with E-state index in [0.29, 0.717) is 13.2 Å². The second-order valence-electron chi connectivity index (χ2n) is 5.17. The van der Waals surface area contributed by atoms with Gasteiger partial charge in [0.05, 0.1) is 6.61 Å². The third-order valence-electron chi connectivity index (χ3n) is 3.68. The molecule has 0 aliphatic heterocycles. The molecule has 0 radical (unpaired) electrons. The van der Waals surface area contributed by atoms with Crippen molar-refractivity contribution >= 4 is 16.7 Å². The first-order valence-electron chi connectivity index (χ1n) is 7.13. The van der Waals surface area contributed by atoms with Crippen LogP contribution in [0.15, 0.2) is 42.5 Å². The third kappa shape index (κ3) is 3.95. The third-order valence-corrected chi connectivity index (χ3v) is 3.68. The van der Waals surface area contributed by atoms with Crippen LogP contribution >= 0.6 is 0 Å². The van der Waals surface area contributed by atoms with Gasteiger partial charge in [-0.1, -0.05) is 36.4 Å². The summed E-state index contributed by atoms with van der Waals surface area (Å²) in [5.41, 5.74) is 0. The van der Waals surface area contributed by atoms with Gasteiger partial charge in [-0.25, -0.2) is 0 Å². The maximum absolute atomic E-state index is 10.9. The minimum absolute atomic E-state index is 0.470. The first kappa shape index (κ1) is 15.3. The van der Waals surface area contributed by atoms with Crippen LogP contribution in [0.3, 0.4) is 0 Å². The van der Waals surface area contributed by atoms with Crippen molar-refractivity contribution in [3.8, 4) is 5.75 Å². The van der Waals surface area contributed by atoms with Crippen LogP contribution in [0.1, 0.15) is 13.3 Å². The molecule has 0 aliphatic rings. The molecule has 112 valence electrons. The van der Waals surface area contributed by atoms with Crippen molar-refractivity contribution in [1.82, 2.24) is 4.90 Å². The summed E-state index contributed by atoms with van der Waals surface area (Å²) in [5.74, 6) is 0.0782. The Hall–Kier alpha value is -2.07. The number of hydrogen-bond acceptors (Lipinski definition) is 3. The standard InChI is InChI=1S/C17H21NO3/c1-13(17(19)20)18(2)11-6-12-21-16-10-5-8-14-7-3-4-9-15(14)16/h3-5,7-10,13H,6,11-12H2,1-2H3,(H,19,20). The van der Waals surface area contributed by atoms with Crippen molar-refractivity contribution in [1.29, 1.82) is 0 Å². The van der Waals surface area contributed by atoms with E-state index in [1.165, 1.54) is 0 Å². The molecule has 0 saturated carbocycles. The van der Waals surface area contributed by atoms with Crippen LogP contribution in [0, 0.1) is 0 Å². The Kier molecular flexibility index (Phi) is 5.17. The number of likely N-dealkylation sites (N-methyl/N-ethyl adjacent to an activating group) is 1. The molecule has 2 aromatic carbocycles. The normalized spacial score (nSPS) is 12.5. The van der Waals surface area contributed by atoms with Gasteiger partial charge in [-0.3, -0.25) is 9.69 Å². The Labute approximate surface area is 124 Å². The predicted molar refractivity (Wildman–Crippen MR) is 83.8 cm³/mol. The van der Waals surface area contributed by atoms with Gasteiger partial charge >= 0.3 is 5.97 Å². The van der Waals surface area contributed by atoms with Crippen molar-refractivity contribution in [2.45, 2.75) is 19.4 Å². The molecule has 0 amide bonds. The van der Waals surface area contributed by atoms with E-state index in [-0.39, 0.29) is 0 Å². The summed E-state index contributed by atoms with van der Waals surface area (Å²) >= 11 is 0. The largest absolute Gasteiger partial charge is 0.493 e. The van der Waals surface area contributed by atoms with Crippen molar-refractivity contribution in [3.63, 3.8) is 0 Å². The fourth-order valence-electron chi connectivity index (χ4n) is 2.20. The molecule has 0 aliphatic carbocycles. The lowest BCUT2D eigenvalue weighted by Gasteiger charge is -2.20. The quantitative estimate of drug-likeness (QED) is 0.795. The maximum Gasteiger partial charge on any atom is 0.320 e. The molecule has 21 heavy (non-hydrogen) atoms. The van der Waals surface area contributed by atoms with Gasteiger partial charge in [0, 0.05) is 11.9 Å². The average Bonchev–Trinajstić information content (AvgIpc) is 2.50. The molecule has 2 rings (SSSR count). The Morgan fingerprint density at radius 3 is 2.71 bits per heavy atom. The van der Waals surface area contributed by atoms with Crippen molar-refractivity contribution in [3.05, 3.63) is 42.5 Å². The number of nitrogens with zero attached hydrogens (tertiary/aromatic N) is 1. The van der Waals surface area contributed by atoms with Gasteiger partial charge in [0.1, 0.15) is 11.8 Å². The average molecular weight is 287 g/mol. The monoisotopic (exact) mass is 287 g/mol. The highest BCUT2D eigenvalue weighted by Crippen LogP contribution is 2.25. The number of hydrogen-bond donors (Lipinski definition) is 1. The zero-order valence-electron chi connectivity index (χ0n) is 12.5. The van der Waals surface area contributed by atoms with Crippen LogP contribution in [0.4, 0.5) is 0 Å². The number of rotatable bonds is 7. The molecular weight excluding hydrogens is 266 g/mol. The van der Waals surface area contributed by atoms with Gasteiger partial charge in [-0.2, -0.15) is 0 Å². The summed E-state index contributed by atoms with van der Waals surface area (Å²) in [7, 11) is 1.82. The number of aliphatic carboxylic acids is 1. The highest BCUT2D eigenvalue weighted by atomic mass is 16.5. The summed E-state index contributed by atoms with van der Waals surface area (Å²) in [5, 5.41) is 11.2. The second kappa shape index (κ2) is 7.09. The molecule has 4 nitrogen and oxygen atoms in total. The van der Waals surface area contributed by atoms with Crippen LogP contribution in [-0.4, -0.2) is 42.2 Å². The van der Waals surface area contributed by atoms with E-state index in [1.54, 1.807) is 6.92 Å². The summed E-state index contributed by atoms with van der Waals surface area (Å²) in [4.78, 5) is 12.7. The van der Waals surface area contributed by atoms with E-state index in [0.717, 1.165) is 22.9 Å². The van der Waals surface area contributed by atoms with E-state index in [9.17, 15) is 4.79 Å². The fraction of sp³-hybridized carbons (Fsp3) is 0.353. The van der Waals surface area contributed by atoms with Crippen LogP contribution in [0.2, 0.25) is 0 Å². The SMILES string of the molecule is CC(C(=O)O)N(C)CCCOc1cccc2ccccc12. The van der Waals surface area contributed by atoms with Gasteiger partial charge in [-0.05, 0) is 31.8 Å². The fourth-order valence-corrected chi connectivity index (χ4v) is 2.20. The minimum atomic E-state index is -0.799.